The molecular weight excluding hydrogens is 126 g/mol. The average Bonchev–Trinajstić information content (AvgIpc) is 2.05. The Bertz CT molecular complexity index is 153. The van der Waals surface area contributed by atoms with Gasteiger partial charge in [0.2, 0.25) is 0 Å². The van der Waals surface area contributed by atoms with E-state index < -0.39 is 0 Å². The summed E-state index contributed by atoms with van der Waals surface area (Å²) in [4.78, 5) is 0. The van der Waals surface area contributed by atoms with Crippen molar-refractivity contribution in [3.05, 3.63) is 11.6 Å². The van der Waals surface area contributed by atoms with Crippen molar-refractivity contribution in [2.75, 3.05) is 13.3 Å². The number of ether oxygens (including phenoxy) is 1. The van der Waals surface area contributed by atoms with Gasteiger partial charge < -0.3 is 4.74 Å². The Morgan fingerprint density at radius 2 is 2.60 bits per heavy atom. The van der Waals surface area contributed by atoms with Gasteiger partial charge in [-0.25, -0.2) is 5.32 Å². The number of fused-ring (bicyclic) bond motifs is 1. The van der Waals surface area contributed by atoms with Crippen molar-refractivity contribution in [2.45, 2.75) is 25.4 Å². The second-order valence-corrected chi connectivity index (χ2v) is 2.88. The summed E-state index contributed by atoms with van der Waals surface area (Å²) in [5.74, 6) is 0. The molecule has 0 bridgehead atoms. The Balaban J connectivity index is 2.08. The van der Waals surface area contributed by atoms with E-state index in [1.54, 1.807) is 0 Å². The van der Waals surface area contributed by atoms with E-state index in [1.165, 1.54) is 24.8 Å². The third-order valence-corrected chi connectivity index (χ3v) is 2.15. The van der Waals surface area contributed by atoms with Crippen molar-refractivity contribution in [2.24, 2.45) is 0 Å². The number of allylic oxidation sites excluding steroid dienone is 1. The molecule has 1 saturated heterocycles. The van der Waals surface area contributed by atoms with Crippen LogP contribution in [0, 0.1) is 0 Å². The third kappa shape index (κ3) is 1.09. The Hall–Kier alpha value is -0.340. The van der Waals surface area contributed by atoms with Gasteiger partial charge in [0.15, 0.2) is 0 Å². The monoisotopic (exact) mass is 138 g/mol. The molecule has 1 radical (unpaired) electrons. The first kappa shape index (κ1) is 6.38. The van der Waals surface area contributed by atoms with Crippen molar-refractivity contribution in [3.8, 4) is 0 Å². The molecule has 0 saturated carbocycles. The lowest BCUT2D eigenvalue weighted by molar-refractivity contribution is 0.0306. The van der Waals surface area contributed by atoms with Crippen LogP contribution in [0.5, 0.6) is 0 Å². The maximum Gasteiger partial charge on any atom is 0.113 e. The summed E-state index contributed by atoms with van der Waals surface area (Å²) in [6, 6.07) is 0. The van der Waals surface area contributed by atoms with Crippen molar-refractivity contribution in [1.82, 2.24) is 5.32 Å². The lowest BCUT2D eigenvalue weighted by Crippen LogP contribution is -2.33. The fraction of sp³-hybridized carbons (Fsp3) is 0.750. The van der Waals surface area contributed by atoms with E-state index >= 15 is 0 Å². The summed E-state index contributed by atoms with van der Waals surface area (Å²) in [5, 5.41) is 4.17. The zero-order valence-corrected chi connectivity index (χ0v) is 6.05. The van der Waals surface area contributed by atoms with E-state index in [1.807, 2.05) is 0 Å². The molecule has 1 fully saturated rings. The smallest absolute Gasteiger partial charge is 0.113 e. The van der Waals surface area contributed by atoms with Crippen molar-refractivity contribution in [3.63, 3.8) is 0 Å². The van der Waals surface area contributed by atoms with E-state index in [4.69, 9.17) is 4.74 Å². The van der Waals surface area contributed by atoms with Crippen LogP contribution in [-0.4, -0.2) is 19.4 Å². The highest BCUT2D eigenvalue weighted by molar-refractivity contribution is 5.14. The number of nitrogens with zero attached hydrogens (tertiary/aromatic N) is 1. The van der Waals surface area contributed by atoms with Gasteiger partial charge in [-0.3, -0.25) is 0 Å². The molecule has 0 spiro atoms. The second-order valence-electron chi connectivity index (χ2n) is 2.88. The Labute approximate surface area is 61.3 Å². The molecule has 2 aliphatic rings. The summed E-state index contributed by atoms with van der Waals surface area (Å²) in [6.07, 6.45) is 6.43. The van der Waals surface area contributed by atoms with Crippen LogP contribution >= 0.6 is 0 Å². The maximum absolute atomic E-state index is 5.45. The minimum absolute atomic E-state index is 0.422. The summed E-state index contributed by atoms with van der Waals surface area (Å²) in [7, 11) is 0. The molecule has 0 aromatic heterocycles. The normalized spacial score (nSPS) is 32.8. The van der Waals surface area contributed by atoms with Crippen LogP contribution in [0.4, 0.5) is 0 Å². The quantitative estimate of drug-likeness (QED) is 0.459. The highest BCUT2D eigenvalue weighted by atomic mass is 16.5. The second kappa shape index (κ2) is 2.72. The summed E-state index contributed by atoms with van der Waals surface area (Å²) < 4.78 is 5.45. The molecule has 0 aromatic carbocycles. The van der Waals surface area contributed by atoms with E-state index in [0.717, 1.165) is 6.54 Å². The highest BCUT2D eigenvalue weighted by Gasteiger charge is 2.21. The molecule has 0 aromatic rings. The summed E-state index contributed by atoms with van der Waals surface area (Å²) >= 11 is 0. The molecular formula is C8H12NO. The SMILES string of the molecule is C1=C2C[N]COC2CCC1. The molecule has 1 aliphatic heterocycles. The van der Waals surface area contributed by atoms with Gasteiger partial charge in [0.25, 0.3) is 0 Å². The minimum Gasteiger partial charge on any atom is -0.357 e. The van der Waals surface area contributed by atoms with Gasteiger partial charge in [-0.2, -0.15) is 0 Å². The average molecular weight is 138 g/mol. The maximum atomic E-state index is 5.45. The Morgan fingerprint density at radius 3 is 3.50 bits per heavy atom. The zero-order chi connectivity index (χ0) is 6.81. The van der Waals surface area contributed by atoms with Gasteiger partial charge >= 0.3 is 0 Å². The number of rotatable bonds is 0. The minimum atomic E-state index is 0.422. The van der Waals surface area contributed by atoms with Crippen molar-refractivity contribution in [1.29, 1.82) is 0 Å². The Morgan fingerprint density at radius 1 is 1.60 bits per heavy atom. The predicted molar refractivity (Wildman–Crippen MR) is 38.7 cm³/mol. The molecule has 55 valence electrons. The highest BCUT2D eigenvalue weighted by Crippen LogP contribution is 2.22. The van der Waals surface area contributed by atoms with Crippen LogP contribution < -0.4 is 5.32 Å². The first-order chi connectivity index (χ1) is 4.97. The van der Waals surface area contributed by atoms with E-state index in [9.17, 15) is 0 Å². The van der Waals surface area contributed by atoms with E-state index in [0.29, 0.717) is 12.8 Å². The van der Waals surface area contributed by atoms with Crippen molar-refractivity contribution < 1.29 is 4.74 Å². The van der Waals surface area contributed by atoms with Gasteiger partial charge in [-0.1, -0.05) is 6.08 Å². The zero-order valence-electron chi connectivity index (χ0n) is 6.05. The van der Waals surface area contributed by atoms with Crippen LogP contribution in [0.3, 0.4) is 0 Å². The van der Waals surface area contributed by atoms with Gasteiger partial charge in [0, 0.05) is 6.54 Å². The first-order valence-corrected chi connectivity index (χ1v) is 3.90. The number of hydrogen-bond acceptors (Lipinski definition) is 1. The predicted octanol–water partition coefficient (Wildman–Crippen LogP) is 1.06. The fourth-order valence-electron chi connectivity index (χ4n) is 1.58. The van der Waals surface area contributed by atoms with Gasteiger partial charge in [-0.05, 0) is 24.8 Å². The molecule has 10 heavy (non-hydrogen) atoms. The molecule has 1 atom stereocenters. The molecule has 1 aliphatic carbocycles. The van der Waals surface area contributed by atoms with E-state index in [-0.39, 0.29) is 0 Å². The third-order valence-electron chi connectivity index (χ3n) is 2.15. The van der Waals surface area contributed by atoms with Crippen LogP contribution in [0.2, 0.25) is 0 Å². The molecule has 0 N–H and O–H groups in total. The van der Waals surface area contributed by atoms with Crippen LogP contribution in [-0.2, 0) is 4.74 Å². The molecule has 1 unspecified atom stereocenters. The van der Waals surface area contributed by atoms with Crippen molar-refractivity contribution >= 4 is 0 Å². The lowest BCUT2D eigenvalue weighted by Gasteiger charge is -2.28. The van der Waals surface area contributed by atoms with E-state index in [2.05, 4.69) is 11.4 Å². The molecule has 2 nitrogen and oxygen atoms in total. The lowest BCUT2D eigenvalue weighted by atomic mass is 9.96. The molecule has 2 heteroatoms. The summed E-state index contributed by atoms with van der Waals surface area (Å²) in [5.41, 5.74) is 1.41. The number of hydrogen-bond donors (Lipinski definition) is 0. The standard InChI is InChI=1S/C8H12NO/c1-2-4-8-7(3-1)5-9-6-10-8/h3,8H,1-2,4-6H2. The Kier molecular flexibility index (Phi) is 1.74. The van der Waals surface area contributed by atoms with Crippen LogP contribution in [0.25, 0.3) is 0 Å². The topological polar surface area (TPSA) is 23.3 Å². The largest absolute Gasteiger partial charge is 0.357 e. The van der Waals surface area contributed by atoms with Gasteiger partial charge in [0.1, 0.15) is 6.73 Å². The van der Waals surface area contributed by atoms with Crippen LogP contribution in [0.1, 0.15) is 19.3 Å². The molecule has 2 rings (SSSR count). The fourth-order valence-corrected chi connectivity index (χ4v) is 1.58. The van der Waals surface area contributed by atoms with Gasteiger partial charge in [0.05, 0.1) is 6.10 Å². The first-order valence-electron chi connectivity index (χ1n) is 3.90. The molecule has 1 heterocycles. The summed E-state index contributed by atoms with van der Waals surface area (Å²) in [6.45, 7) is 1.53. The van der Waals surface area contributed by atoms with Gasteiger partial charge in [-0.15, -0.1) is 0 Å². The molecule has 0 amide bonds. The van der Waals surface area contributed by atoms with Crippen LogP contribution in [0.15, 0.2) is 11.6 Å².